The molecule has 1 aliphatic heterocycles. The minimum Gasteiger partial charge on any atom is -0.464 e. The zero-order chi connectivity index (χ0) is 58.1. The summed E-state index contributed by atoms with van der Waals surface area (Å²) in [6.07, 6.45) is 0.335. The molecule has 0 aromatic heterocycles. The molecule has 12 nitrogen and oxygen atoms in total. The maximum Gasteiger partial charge on any atom is 0.329 e. The van der Waals surface area contributed by atoms with Crippen molar-refractivity contribution in [2.24, 2.45) is 10.4 Å². The summed E-state index contributed by atoms with van der Waals surface area (Å²) in [7, 11) is -11.5. The lowest BCUT2D eigenvalue weighted by Crippen LogP contribution is -2.48. The second-order valence-electron chi connectivity index (χ2n) is 21.1. The molecule has 79 heavy (non-hydrogen) atoms. The number of amides is 1. The van der Waals surface area contributed by atoms with Crippen LogP contribution in [-0.2, 0) is 34.4 Å². The van der Waals surface area contributed by atoms with Crippen molar-refractivity contribution in [3.05, 3.63) is 148 Å². The van der Waals surface area contributed by atoms with E-state index in [-0.39, 0.29) is 64.5 Å². The molecular weight excluding hydrogens is 1080 g/mol. The maximum atomic E-state index is 16.1. The molecule has 0 spiro atoms. The third-order valence-corrected chi connectivity index (χ3v) is 18.6. The molecule has 19 heteroatoms. The summed E-state index contributed by atoms with van der Waals surface area (Å²) in [5.74, 6) is -10.8. The molecule has 0 saturated carbocycles. The van der Waals surface area contributed by atoms with E-state index in [1.807, 2.05) is 24.3 Å². The fraction of sp³-hybridized carbons (Fsp3) is 0.350. The van der Waals surface area contributed by atoms with E-state index in [0.717, 1.165) is 39.7 Å². The Balaban J connectivity index is 1.36. The van der Waals surface area contributed by atoms with Crippen molar-refractivity contribution < 1.29 is 53.1 Å². The van der Waals surface area contributed by atoms with Crippen molar-refractivity contribution in [2.75, 3.05) is 17.7 Å². The molecule has 1 unspecified atom stereocenters. The van der Waals surface area contributed by atoms with E-state index >= 15 is 17.6 Å². The van der Waals surface area contributed by atoms with E-state index in [4.69, 9.17) is 14.1 Å². The molecule has 0 fully saturated rings. The Morgan fingerprint density at radius 3 is 1.81 bits per heavy atom. The number of thioether (sulfide) groups is 1. The molecular formula is C60H66F4N4O8S3. The van der Waals surface area contributed by atoms with E-state index in [1.54, 1.807) is 57.2 Å². The number of hydrogen-bond donors (Lipinski definition) is 3. The summed E-state index contributed by atoms with van der Waals surface area (Å²) in [6.45, 7) is 22.9. The summed E-state index contributed by atoms with van der Waals surface area (Å²) >= 11 is 0.0670. The number of hydrogen-bond acceptors (Lipinski definition) is 11. The highest BCUT2D eigenvalue weighted by Gasteiger charge is 2.39. The Hall–Kier alpha value is -6.54. The van der Waals surface area contributed by atoms with Gasteiger partial charge in [-0.05, 0) is 89.6 Å². The van der Waals surface area contributed by atoms with Gasteiger partial charge in [0.25, 0.3) is 20.0 Å². The quantitative estimate of drug-likeness (QED) is 0.0219. The molecule has 5 aromatic carbocycles. The molecule has 3 N–H and O–H groups in total. The minimum absolute atomic E-state index is 0.0670. The third kappa shape index (κ3) is 12.6. The number of sulfonamides is 2. The second-order valence-corrected chi connectivity index (χ2v) is 25.7. The fourth-order valence-corrected chi connectivity index (χ4v) is 13.3. The molecule has 1 amide bonds. The Morgan fingerprint density at radius 1 is 0.684 bits per heavy atom. The van der Waals surface area contributed by atoms with Crippen LogP contribution < -0.4 is 20.1 Å². The standard InChI is InChI=1S/C60H66F4N4O8S3/c1-13-60(11,12)59(70)67-45(58(69)75-14-2)31-77-56-50(61)52(63)57(53(64)51(56)62)79(73,74)68-78(71,72)48-24-16-15-19-44(48)49-42-27-25-36(65-54-38(32(3)4)20-17-21-39(54)33(5)6)29-46(42)76-47-30-37(26-28-43(47)49)66-55-40(34(7)8)22-18-23-41(55)35(9)10/h15-30,32-35,45,65,68H,13-14,31H2,1-12H3,(H,67,70)/b66-37+. The predicted octanol–water partition coefficient (Wildman–Crippen LogP) is 14.5. The van der Waals surface area contributed by atoms with Crippen LogP contribution in [0.3, 0.4) is 0 Å². The zero-order valence-electron chi connectivity index (χ0n) is 46.2. The number of rotatable bonds is 20. The van der Waals surface area contributed by atoms with Crippen molar-refractivity contribution in [1.29, 1.82) is 0 Å². The van der Waals surface area contributed by atoms with E-state index in [0.29, 0.717) is 28.4 Å². The van der Waals surface area contributed by atoms with E-state index in [2.05, 4.69) is 78.2 Å². The molecule has 2 aliphatic rings. The normalized spacial score (nSPS) is 13.1. The van der Waals surface area contributed by atoms with Crippen LogP contribution in [0, 0.1) is 28.7 Å². The number of fused-ring (bicyclic) bond motifs is 2. The lowest BCUT2D eigenvalue weighted by atomic mass is 9.89. The number of halogens is 4. The van der Waals surface area contributed by atoms with Gasteiger partial charge in [-0.25, -0.2) is 44.2 Å². The van der Waals surface area contributed by atoms with Gasteiger partial charge in [-0.2, -0.15) is 0 Å². The molecule has 420 valence electrons. The van der Waals surface area contributed by atoms with Gasteiger partial charge in [0.2, 0.25) is 5.91 Å². The number of carbonyl (C=O) groups is 2. The highest BCUT2D eigenvalue weighted by Crippen LogP contribution is 2.45. The summed E-state index contributed by atoms with van der Waals surface area (Å²) in [6, 6.07) is 26.4. The Morgan fingerprint density at radius 2 is 1.25 bits per heavy atom. The lowest BCUT2D eigenvalue weighted by Gasteiger charge is -2.25. The first kappa shape index (κ1) is 60.1. The van der Waals surface area contributed by atoms with Gasteiger partial charge in [0, 0.05) is 56.8 Å². The van der Waals surface area contributed by atoms with Crippen LogP contribution >= 0.6 is 11.8 Å². The monoisotopic (exact) mass is 1140 g/mol. The third-order valence-electron chi connectivity index (χ3n) is 13.8. The molecule has 1 aliphatic carbocycles. The number of benzene rings is 6. The first-order chi connectivity index (χ1) is 37.1. The van der Waals surface area contributed by atoms with Crippen LogP contribution in [0.5, 0.6) is 0 Å². The van der Waals surface area contributed by atoms with Gasteiger partial charge in [0.15, 0.2) is 28.2 Å². The first-order valence-corrected chi connectivity index (χ1v) is 30.0. The second kappa shape index (κ2) is 24.0. The largest absolute Gasteiger partial charge is 0.464 e. The average Bonchev–Trinajstić information content (AvgIpc) is 3.60. The molecule has 0 bridgehead atoms. The van der Waals surface area contributed by atoms with Crippen molar-refractivity contribution in [1.82, 2.24) is 9.44 Å². The van der Waals surface area contributed by atoms with Crippen LogP contribution in [-0.4, -0.2) is 47.1 Å². The molecule has 1 atom stereocenters. The molecule has 1 heterocycles. The number of carbonyl (C=O) groups excluding carboxylic acids is 2. The number of ether oxygens (including phenoxy) is 1. The smallest absolute Gasteiger partial charge is 0.329 e. The molecule has 0 radical (unpaired) electrons. The van der Waals surface area contributed by atoms with Gasteiger partial charge in [0.05, 0.1) is 27.4 Å². The minimum atomic E-state index is -6.02. The van der Waals surface area contributed by atoms with Gasteiger partial charge < -0.3 is 19.8 Å². The number of esters is 1. The van der Waals surface area contributed by atoms with Crippen molar-refractivity contribution >= 4 is 71.7 Å². The fourth-order valence-electron chi connectivity index (χ4n) is 9.11. The van der Waals surface area contributed by atoms with Crippen LogP contribution in [0.15, 0.2) is 121 Å². The number of anilines is 2. The topological polar surface area (TPSA) is 173 Å². The van der Waals surface area contributed by atoms with Gasteiger partial charge in [-0.15, -0.1) is 15.9 Å². The predicted molar refractivity (Wildman–Crippen MR) is 303 cm³/mol. The van der Waals surface area contributed by atoms with Crippen LogP contribution in [0.1, 0.15) is 135 Å². The molecule has 5 aromatic rings. The van der Waals surface area contributed by atoms with Gasteiger partial charge in [-0.1, -0.05) is 131 Å². The SMILES string of the molecule is CCOC(=O)C(CSc1c(F)c(F)c(S(=O)(=O)NS(=O)(=O)c2ccccc2-c2c3cc/c(=N\c4c(C(C)C)cccc4C(C)C)cc-3oc3cc(Nc4c(C(C)C)cccc4C(C)C)ccc23)c(F)c1F)NC(=O)C(C)(C)CC. The van der Waals surface area contributed by atoms with Crippen molar-refractivity contribution in [3.63, 3.8) is 0 Å². The van der Waals surface area contributed by atoms with Gasteiger partial charge >= 0.3 is 5.97 Å². The van der Waals surface area contributed by atoms with Gasteiger partial charge in [-0.3, -0.25) is 4.79 Å². The Kier molecular flexibility index (Phi) is 18.3. The van der Waals surface area contributed by atoms with Crippen molar-refractivity contribution in [2.45, 2.75) is 134 Å². The van der Waals surface area contributed by atoms with Gasteiger partial charge in [0.1, 0.15) is 17.4 Å². The lowest BCUT2D eigenvalue weighted by molar-refractivity contribution is -0.147. The summed E-state index contributed by atoms with van der Waals surface area (Å²) in [4.78, 5) is 26.6. The summed E-state index contributed by atoms with van der Waals surface area (Å²) < 4.78 is 134. The number of para-hydroxylation sites is 2. The molecule has 7 rings (SSSR count). The average molecular weight is 1140 g/mol. The molecule has 0 saturated heterocycles. The van der Waals surface area contributed by atoms with Crippen LogP contribution in [0.4, 0.5) is 34.6 Å². The summed E-state index contributed by atoms with van der Waals surface area (Å²) in [5, 5.41) is 6.95. The van der Waals surface area contributed by atoms with E-state index in [9.17, 15) is 26.4 Å². The first-order valence-electron chi connectivity index (χ1n) is 26.1. The summed E-state index contributed by atoms with van der Waals surface area (Å²) in [5.41, 5.74) is 6.42. The Labute approximate surface area is 464 Å². The Bertz CT molecular complexity index is 3670. The highest BCUT2D eigenvalue weighted by molar-refractivity contribution is 8.04. The van der Waals surface area contributed by atoms with Crippen LogP contribution in [0.25, 0.3) is 33.4 Å². The highest BCUT2D eigenvalue weighted by atomic mass is 32.3. The number of nitrogens with zero attached hydrogens (tertiary/aromatic N) is 1. The number of nitrogens with one attached hydrogen (secondary N) is 3. The van der Waals surface area contributed by atoms with E-state index < -0.39 is 87.1 Å². The van der Waals surface area contributed by atoms with E-state index in [1.165, 1.54) is 29.3 Å². The van der Waals surface area contributed by atoms with Crippen LogP contribution in [0.2, 0.25) is 0 Å². The zero-order valence-corrected chi connectivity index (χ0v) is 48.6. The maximum absolute atomic E-state index is 16.1. The van der Waals surface area contributed by atoms with Crippen molar-refractivity contribution in [3.8, 4) is 22.5 Å².